The second-order valence-electron chi connectivity index (χ2n) is 4.64. The molecule has 0 heterocycles. The summed E-state index contributed by atoms with van der Waals surface area (Å²) in [7, 11) is 3.78. The molecule has 0 N–H and O–H groups in total. The summed E-state index contributed by atoms with van der Waals surface area (Å²) in [5.41, 5.74) is 1.80. The van der Waals surface area contributed by atoms with Crippen LogP contribution in [0.5, 0.6) is 0 Å². The van der Waals surface area contributed by atoms with Crippen LogP contribution in [0.2, 0.25) is 0 Å². The lowest BCUT2D eigenvalue weighted by molar-refractivity contribution is -0.114. The lowest BCUT2D eigenvalue weighted by Crippen LogP contribution is -2.21. The Morgan fingerprint density at radius 1 is 1.11 bits per heavy atom. The molecule has 1 rings (SSSR count). The number of Topliss-reactive ketones (excluding diaryl/α,β-unsaturated/α-hetero) is 2. The van der Waals surface area contributed by atoms with Gasteiger partial charge in [0.1, 0.15) is 0 Å². The molecule has 98 valence electrons. The van der Waals surface area contributed by atoms with Gasteiger partial charge in [0.05, 0.1) is 6.26 Å². The summed E-state index contributed by atoms with van der Waals surface area (Å²) in [6.07, 6.45) is 1.97. The summed E-state index contributed by atoms with van der Waals surface area (Å²) in [6, 6.07) is 7.57. The van der Waals surface area contributed by atoms with E-state index in [0.29, 0.717) is 11.5 Å². The molecule has 0 aromatic heterocycles. The number of ketones is 2. The van der Waals surface area contributed by atoms with Crippen LogP contribution in [-0.4, -0.2) is 43.4 Å². The molecule has 0 fully saturated rings. The lowest BCUT2D eigenvalue weighted by Gasteiger charge is -2.12. The first-order valence-corrected chi connectivity index (χ1v) is 7.76. The second-order valence-corrected chi connectivity index (χ2v) is 6.78. The van der Waals surface area contributed by atoms with Gasteiger partial charge >= 0.3 is 0 Å². The Balaban J connectivity index is 2.64. The molecule has 18 heavy (non-hydrogen) atoms. The van der Waals surface area contributed by atoms with Gasteiger partial charge < -0.3 is 4.90 Å². The average molecular weight is 266 g/mol. The van der Waals surface area contributed by atoms with E-state index in [9.17, 15) is 9.59 Å². The maximum Gasteiger partial charge on any atom is 0.211 e. The zero-order valence-corrected chi connectivity index (χ0v) is 12.2. The van der Waals surface area contributed by atoms with Gasteiger partial charge in [-0.25, -0.2) is 0 Å². The summed E-state index contributed by atoms with van der Waals surface area (Å²) in [5, 5.41) is 0. The first kappa shape index (κ1) is 14.8. The largest absolute Gasteiger partial charge is 0.378 e. The highest BCUT2D eigenvalue weighted by Crippen LogP contribution is 2.13. The minimum atomic E-state index is -0.154. The minimum Gasteiger partial charge on any atom is -0.378 e. The van der Waals surface area contributed by atoms with E-state index in [1.54, 1.807) is 6.92 Å². The summed E-state index contributed by atoms with van der Waals surface area (Å²) in [4.78, 5) is 25.0. The van der Waals surface area contributed by atoms with Crippen molar-refractivity contribution in [3.8, 4) is 0 Å². The van der Waals surface area contributed by atoms with Crippen molar-refractivity contribution in [1.29, 1.82) is 0 Å². The predicted molar refractivity (Wildman–Crippen MR) is 78.8 cm³/mol. The SMILES string of the molecule is CC(=O)C[S+](C)CC(=O)c1ccc(N(C)C)cc1. The van der Waals surface area contributed by atoms with Crippen molar-refractivity contribution < 1.29 is 9.59 Å². The summed E-state index contributed by atoms with van der Waals surface area (Å²) in [5.74, 6) is 1.23. The van der Waals surface area contributed by atoms with E-state index in [4.69, 9.17) is 0 Å². The molecular weight excluding hydrogens is 246 g/mol. The van der Waals surface area contributed by atoms with Gasteiger partial charge in [0, 0.05) is 25.3 Å². The van der Waals surface area contributed by atoms with Gasteiger partial charge in [0.25, 0.3) is 0 Å². The molecule has 1 unspecified atom stereocenters. The Bertz CT molecular complexity index is 426. The van der Waals surface area contributed by atoms with Crippen LogP contribution in [0.15, 0.2) is 24.3 Å². The normalized spacial score (nSPS) is 12.0. The highest BCUT2D eigenvalue weighted by molar-refractivity contribution is 7.97. The van der Waals surface area contributed by atoms with Gasteiger partial charge in [0.2, 0.25) is 5.78 Å². The molecule has 0 saturated heterocycles. The highest BCUT2D eigenvalue weighted by Gasteiger charge is 2.20. The second kappa shape index (κ2) is 6.59. The molecular formula is C14H20NO2S+. The fourth-order valence-electron chi connectivity index (χ4n) is 1.65. The van der Waals surface area contributed by atoms with Crippen LogP contribution >= 0.6 is 0 Å². The standard InChI is InChI=1S/C14H20NO2S/c1-11(16)9-18(4)10-14(17)12-5-7-13(8-6-12)15(2)3/h5-8H,9-10H2,1-4H3/q+1. The summed E-state index contributed by atoms with van der Waals surface area (Å²) >= 11 is 0. The predicted octanol–water partition coefficient (Wildman–Crippen LogP) is 1.77. The molecule has 0 aliphatic carbocycles. The van der Waals surface area contributed by atoms with Crippen molar-refractivity contribution in [3.05, 3.63) is 29.8 Å². The molecule has 0 aliphatic rings. The molecule has 0 spiro atoms. The van der Waals surface area contributed by atoms with Crippen molar-refractivity contribution in [1.82, 2.24) is 0 Å². The quantitative estimate of drug-likeness (QED) is 0.582. The smallest absolute Gasteiger partial charge is 0.211 e. The van der Waals surface area contributed by atoms with E-state index >= 15 is 0 Å². The number of hydrogen-bond donors (Lipinski definition) is 0. The molecule has 1 aromatic rings. The van der Waals surface area contributed by atoms with Crippen LogP contribution in [0.25, 0.3) is 0 Å². The first-order chi connectivity index (χ1) is 8.40. The molecule has 1 aromatic carbocycles. The minimum absolute atomic E-state index is 0.118. The number of rotatable bonds is 6. The summed E-state index contributed by atoms with van der Waals surface area (Å²) in [6.45, 7) is 1.57. The highest BCUT2D eigenvalue weighted by atomic mass is 32.2. The number of nitrogens with zero attached hydrogens (tertiary/aromatic N) is 1. The Morgan fingerprint density at radius 3 is 2.11 bits per heavy atom. The number of hydrogen-bond acceptors (Lipinski definition) is 3. The molecule has 4 heteroatoms. The van der Waals surface area contributed by atoms with E-state index in [2.05, 4.69) is 0 Å². The van der Waals surface area contributed by atoms with Crippen LogP contribution in [0, 0.1) is 0 Å². The zero-order chi connectivity index (χ0) is 13.7. The Hall–Kier alpha value is -1.29. The van der Waals surface area contributed by atoms with Crippen molar-refractivity contribution in [2.75, 3.05) is 36.8 Å². The number of carbonyl (C=O) groups excluding carboxylic acids is 2. The number of anilines is 1. The molecule has 0 amide bonds. The lowest BCUT2D eigenvalue weighted by atomic mass is 10.1. The van der Waals surface area contributed by atoms with Crippen LogP contribution in [0.1, 0.15) is 17.3 Å². The topological polar surface area (TPSA) is 37.4 Å². The van der Waals surface area contributed by atoms with Crippen LogP contribution in [0.4, 0.5) is 5.69 Å². The maximum absolute atomic E-state index is 12.0. The first-order valence-electron chi connectivity index (χ1n) is 5.79. The van der Waals surface area contributed by atoms with Crippen LogP contribution < -0.4 is 4.90 Å². The molecule has 0 aliphatic heterocycles. The fraction of sp³-hybridized carbons (Fsp3) is 0.429. The molecule has 1 atom stereocenters. The van der Waals surface area contributed by atoms with Crippen molar-refractivity contribution >= 4 is 28.1 Å². The van der Waals surface area contributed by atoms with Gasteiger partial charge in [-0.15, -0.1) is 0 Å². The third-order valence-electron chi connectivity index (χ3n) is 2.53. The molecule has 0 radical (unpaired) electrons. The maximum atomic E-state index is 12.0. The van der Waals surface area contributed by atoms with E-state index in [0.717, 1.165) is 11.3 Å². The Labute approximate surface area is 112 Å². The van der Waals surface area contributed by atoms with Crippen molar-refractivity contribution in [2.24, 2.45) is 0 Å². The van der Waals surface area contributed by atoms with Crippen LogP contribution in [-0.2, 0) is 15.7 Å². The van der Waals surface area contributed by atoms with E-state index < -0.39 is 0 Å². The fourth-order valence-corrected chi connectivity index (χ4v) is 3.06. The van der Waals surface area contributed by atoms with E-state index in [1.165, 1.54) is 0 Å². The van der Waals surface area contributed by atoms with E-state index in [-0.39, 0.29) is 22.5 Å². The number of benzene rings is 1. The van der Waals surface area contributed by atoms with Gasteiger partial charge in [-0.3, -0.25) is 9.59 Å². The van der Waals surface area contributed by atoms with Crippen molar-refractivity contribution in [2.45, 2.75) is 6.92 Å². The van der Waals surface area contributed by atoms with Gasteiger partial charge in [-0.1, -0.05) is 0 Å². The van der Waals surface area contributed by atoms with Gasteiger partial charge in [-0.2, -0.15) is 0 Å². The Morgan fingerprint density at radius 2 is 1.67 bits per heavy atom. The third kappa shape index (κ3) is 4.53. The van der Waals surface area contributed by atoms with Crippen molar-refractivity contribution in [3.63, 3.8) is 0 Å². The Kier molecular flexibility index (Phi) is 5.41. The number of carbonyl (C=O) groups is 2. The molecule has 0 saturated carbocycles. The van der Waals surface area contributed by atoms with Gasteiger partial charge in [0.15, 0.2) is 17.3 Å². The van der Waals surface area contributed by atoms with Gasteiger partial charge in [-0.05, 0) is 42.1 Å². The third-order valence-corrected chi connectivity index (χ3v) is 4.19. The molecule has 0 bridgehead atoms. The summed E-state index contributed by atoms with van der Waals surface area (Å²) < 4.78 is 0. The van der Waals surface area contributed by atoms with Crippen LogP contribution in [0.3, 0.4) is 0 Å². The molecule has 3 nitrogen and oxygen atoms in total. The monoisotopic (exact) mass is 266 g/mol. The zero-order valence-electron chi connectivity index (χ0n) is 11.4. The van der Waals surface area contributed by atoms with E-state index in [1.807, 2.05) is 49.5 Å². The average Bonchev–Trinajstić information content (AvgIpc) is 2.27.